The molecule has 6 nitrogen and oxygen atoms in total. The predicted octanol–water partition coefficient (Wildman–Crippen LogP) is 3.05. The molecule has 3 heterocycles. The van der Waals surface area contributed by atoms with Crippen LogP contribution in [0.4, 0.5) is 0 Å². The molecule has 2 aromatic rings. The fourth-order valence-electron chi connectivity index (χ4n) is 3.26. The minimum atomic E-state index is -0.0259. The first kappa shape index (κ1) is 18.3. The quantitative estimate of drug-likeness (QED) is 0.573. The average molecular weight is 380 g/mol. The monoisotopic (exact) mass is 379 g/mol. The van der Waals surface area contributed by atoms with Gasteiger partial charge in [-0.1, -0.05) is 12.5 Å². The highest BCUT2D eigenvalue weighted by Crippen LogP contribution is 2.22. The molecule has 1 saturated heterocycles. The van der Waals surface area contributed by atoms with Crippen LogP contribution in [0, 0.1) is 4.77 Å². The lowest BCUT2D eigenvalue weighted by molar-refractivity contribution is -0.121. The molecular weight excluding hydrogens is 354 g/mol. The minimum absolute atomic E-state index is 0.0259. The molecule has 2 aromatic heterocycles. The van der Waals surface area contributed by atoms with E-state index in [-0.39, 0.29) is 12.5 Å². The second kappa shape index (κ2) is 8.73. The van der Waals surface area contributed by atoms with E-state index in [0.29, 0.717) is 17.4 Å². The Morgan fingerprint density at radius 2 is 2.40 bits per heavy atom. The molecule has 1 amide bonds. The molecule has 1 unspecified atom stereocenters. The first-order valence-corrected chi connectivity index (χ1v) is 10.1. The Hall–Kier alpha value is -1.51. The van der Waals surface area contributed by atoms with Gasteiger partial charge in [-0.2, -0.15) is 5.10 Å². The van der Waals surface area contributed by atoms with Gasteiger partial charge >= 0.3 is 0 Å². The van der Waals surface area contributed by atoms with Crippen LogP contribution in [0.2, 0.25) is 0 Å². The van der Waals surface area contributed by atoms with E-state index in [0.717, 1.165) is 23.7 Å². The fourth-order valence-corrected chi connectivity index (χ4v) is 4.18. The Morgan fingerprint density at radius 1 is 1.52 bits per heavy atom. The molecule has 0 saturated carbocycles. The third-order valence-electron chi connectivity index (χ3n) is 4.69. The van der Waals surface area contributed by atoms with E-state index >= 15 is 0 Å². The average Bonchev–Trinajstić information content (AvgIpc) is 3.24. The third-order valence-corrected chi connectivity index (χ3v) is 5.86. The summed E-state index contributed by atoms with van der Waals surface area (Å²) in [5.41, 5.74) is 0. The second-order valence-electron chi connectivity index (χ2n) is 6.50. The van der Waals surface area contributed by atoms with Gasteiger partial charge in [-0.15, -0.1) is 11.3 Å². The Kier molecular flexibility index (Phi) is 6.39. The first-order chi connectivity index (χ1) is 12.1. The summed E-state index contributed by atoms with van der Waals surface area (Å²) in [7, 11) is 0. The van der Waals surface area contributed by atoms with E-state index in [1.165, 1.54) is 25.8 Å². The maximum Gasteiger partial charge on any atom is 0.240 e. The van der Waals surface area contributed by atoms with Crippen molar-refractivity contribution in [3.63, 3.8) is 0 Å². The van der Waals surface area contributed by atoms with E-state index < -0.39 is 0 Å². The number of carbonyl (C=O) groups excluding carboxylic acids is 1. The number of likely N-dealkylation sites (tertiary alicyclic amines) is 1. The van der Waals surface area contributed by atoms with Crippen LogP contribution in [0.25, 0.3) is 10.7 Å². The van der Waals surface area contributed by atoms with E-state index in [1.807, 2.05) is 17.5 Å². The van der Waals surface area contributed by atoms with Crippen LogP contribution in [0.1, 0.15) is 32.6 Å². The van der Waals surface area contributed by atoms with Gasteiger partial charge in [0.05, 0.1) is 4.88 Å². The number of aromatic nitrogens is 3. The molecule has 8 heteroatoms. The number of thiophene rings is 1. The topological polar surface area (TPSA) is 66.0 Å². The minimum Gasteiger partial charge on any atom is -0.355 e. The number of rotatable bonds is 7. The number of nitrogens with one attached hydrogen (secondary N) is 2. The van der Waals surface area contributed by atoms with Gasteiger partial charge in [-0.05, 0) is 56.4 Å². The van der Waals surface area contributed by atoms with Crippen LogP contribution in [0.5, 0.6) is 0 Å². The van der Waals surface area contributed by atoms with E-state index in [2.05, 4.69) is 27.3 Å². The molecule has 1 aliphatic heterocycles. The lowest BCUT2D eigenvalue weighted by atomic mass is 10.0. The first-order valence-electron chi connectivity index (χ1n) is 8.85. The van der Waals surface area contributed by atoms with Crippen LogP contribution < -0.4 is 5.32 Å². The summed E-state index contributed by atoms with van der Waals surface area (Å²) in [5, 5.41) is 12.0. The van der Waals surface area contributed by atoms with Crippen LogP contribution >= 0.6 is 23.6 Å². The lowest BCUT2D eigenvalue weighted by Crippen LogP contribution is -2.39. The lowest BCUT2D eigenvalue weighted by Gasteiger charge is -2.33. The zero-order valence-electron chi connectivity index (χ0n) is 14.5. The Bertz CT molecular complexity index is 737. The zero-order chi connectivity index (χ0) is 17.6. The van der Waals surface area contributed by atoms with Gasteiger partial charge in [-0.25, -0.2) is 0 Å². The molecule has 1 aliphatic rings. The number of H-pyrrole nitrogens is 1. The molecule has 0 aromatic carbocycles. The van der Waals surface area contributed by atoms with Crippen molar-refractivity contribution >= 4 is 29.5 Å². The Balaban J connectivity index is 1.47. The molecule has 25 heavy (non-hydrogen) atoms. The van der Waals surface area contributed by atoms with Gasteiger partial charge in [0.25, 0.3) is 0 Å². The number of piperidine rings is 1. The maximum absolute atomic E-state index is 12.3. The molecule has 136 valence electrons. The number of hydrogen-bond acceptors (Lipinski definition) is 5. The van der Waals surface area contributed by atoms with Gasteiger partial charge in [0.1, 0.15) is 6.54 Å². The van der Waals surface area contributed by atoms with E-state index in [4.69, 9.17) is 12.2 Å². The molecular formula is C17H25N5OS2. The number of carbonyl (C=O) groups is 1. The summed E-state index contributed by atoms with van der Waals surface area (Å²) >= 11 is 6.84. The highest BCUT2D eigenvalue weighted by Gasteiger charge is 2.17. The van der Waals surface area contributed by atoms with Gasteiger partial charge in [0.2, 0.25) is 5.91 Å². The Morgan fingerprint density at radius 3 is 3.16 bits per heavy atom. The van der Waals surface area contributed by atoms with Crippen LogP contribution in [0.15, 0.2) is 17.5 Å². The standard InChI is InChI=1S/C17H25N5OS2/c1-13-6-2-3-9-21(13)10-5-8-18-15(23)12-22-16(19-20-17(22)24)14-7-4-11-25-14/h4,7,11,13H,2-3,5-6,8-10,12H2,1H3,(H,18,23)(H,20,24). The van der Waals surface area contributed by atoms with Gasteiger partial charge in [0, 0.05) is 19.1 Å². The second-order valence-corrected chi connectivity index (χ2v) is 7.83. The van der Waals surface area contributed by atoms with Crippen molar-refractivity contribution < 1.29 is 4.79 Å². The number of aromatic amines is 1. The summed E-state index contributed by atoms with van der Waals surface area (Å²) in [4.78, 5) is 15.8. The zero-order valence-corrected chi connectivity index (χ0v) is 16.2. The summed E-state index contributed by atoms with van der Waals surface area (Å²) in [6.45, 7) is 5.42. The van der Waals surface area contributed by atoms with Gasteiger partial charge in [0.15, 0.2) is 10.6 Å². The highest BCUT2D eigenvalue weighted by atomic mass is 32.1. The normalized spacial score (nSPS) is 18.4. The molecule has 1 atom stereocenters. The van der Waals surface area contributed by atoms with Crippen molar-refractivity contribution in [3.05, 3.63) is 22.3 Å². The fraction of sp³-hybridized carbons (Fsp3) is 0.588. The summed E-state index contributed by atoms with van der Waals surface area (Å²) < 4.78 is 2.23. The van der Waals surface area contributed by atoms with E-state index in [1.54, 1.807) is 15.9 Å². The Labute approximate surface area is 157 Å². The number of hydrogen-bond donors (Lipinski definition) is 2. The number of nitrogens with zero attached hydrogens (tertiary/aromatic N) is 3. The highest BCUT2D eigenvalue weighted by molar-refractivity contribution is 7.71. The maximum atomic E-state index is 12.3. The summed E-state index contributed by atoms with van der Waals surface area (Å²) in [5.74, 6) is 0.694. The van der Waals surface area contributed by atoms with Gasteiger partial charge in [-0.3, -0.25) is 14.5 Å². The van der Waals surface area contributed by atoms with Gasteiger partial charge < -0.3 is 10.2 Å². The third kappa shape index (κ3) is 4.77. The van der Waals surface area contributed by atoms with Crippen LogP contribution in [0.3, 0.4) is 0 Å². The number of amides is 1. The largest absolute Gasteiger partial charge is 0.355 e. The summed E-state index contributed by atoms with van der Waals surface area (Å²) in [6.07, 6.45) is 4.90. The van der Waals surface area contributed by atoms with Crippen molar-refractivity contribution in [2.75, 3.05) is 19.6 Å². The van der Waals surface area contributed by atoms with Crippen molar-refractivity contribution in [1.82, 2.24) is 25.0 Å². The smallest absolute Gasteiger partial charge is 0.240 e. The van der Waals surface area contributed by atoms with Crippen molar-refractivity contribution in [1.29, 1.82) is 0 Å². The molecule has 0 radical (unpaired) electrons. The molecule has 3 rings (SSSR count). The van der Waals surface area contributed by atoms with E-state index in [9.17, 15) is 4.79 Å². The SMILES string of the molecule is CC1CCCCN1CCCNC(=O)Cn1c(-c2cccs2)n[nH]c1=S. The van der Waals surface area contributed by atoms with Crippen molar-refractivity contribution in [3.8, 4) is 10.7 Å². The van der Waals surface area contributed by atoms with Crippen LogP contribution in [-0.2, 0) is 11.3 Å². The van der Waals surface area contributed by atoms with Crippen LogP contribution in [-0.4, -0.2) is 51.2 Å². The predicted molar refractivity (Wildman–Crippen MR) is 103 cm³/mol. The molecule has 0 spiro atoms. The van der Waals surface area contributed by atoms with Crippen molar-refractivity contribution in [2.24, 2.45) is 0 Å². The molecule has 0 aliphatic carbocycles. The molecule has 1 fully saturated rings. The summed E-state index contributed by atoms with van der Waals surface area (Å²) in [6, 6.07) is 4.61. The molecule has 2 N–H and O–H groups in total. The van der Waals surface area contributed by atoms with Crippen molar-refractivity contribution in [2.45, 2.75) is 45.2 Å². The molecule has 0 bridgehead atoms.